The predicted octanol–water partition coefficient (Wildman–Crippen LogP) is 1.33. The Kier molecular flexibility index (Phi) is 6.74. The molecule has 0 saturated carbocycles. The van der Waals surface area contributed by atoms with Crippen LogP contribution in [0.5, 0.6) is 0 Å². The van der Waals surface area contributed by atoms with Crippen LogP contribution >= 0.6 is 12.4 Å². The van der Waals surface area contributed by atoms with E-state index in [1.807, 2.05) is 13.8 Å². The van der Waals surface area contributed by atoms with Gasteiger partial charge in [-0.1, -0.05) is 13.8 Å². The van der Waals surface area contributed by atoms with E-state index in [4.69, 9.17) is 5.73 Å². The summed E-state index contributed by atoms with van der Waals surface area (Å²) in [4.78, 5) is 24.9. The molecule has 0 fully saturated rings. The summed E-state index contributed by atoms with van der Waals surface area (Å²) in [6, 6.07) is 3.93. The molecule has 1 heterocycles. The molecular formula is C16H24ClN3O4S. The van der Waals surface area contributed by atoms with E-state index in [9.17, 15) is 18.0 Å². The Bertz CT molecular complexity index is 780. The molecule has 140 valence electrons. The van der Waals surface area contributed by atoms with Crippen molar-refractivity contribution >= 4 is 34.2 Å². The highest BCUT2D eigenvalue weighted by Crippen LogP contribution is 2.26. The lowest BCUT2D eigenvalue weighted by molar-refractivity contribution is 0.0693. The summed E-state index contributed by atoms with van der Waals surface area (Å²) in [5, 5.41) is 0. The van der Waals surface area contributed by atoms with E-state index in [0.717, 1.165) is 4.90 Å². The lowest BCUT2D eigenvalue weighted by Gasteiger charge is -2.21. The van der Waals surface area contributed by atoms with Crippen LogP contribution in [0.1, 0.15) is 41.0 Å². The molecule has 2 N–H and O–H groups in total. The topological polar surface area (TPSA) is 101 Å². The second-order valence-electron chi connectivity index (χ2n) is 6.40. The minimum Gasteiger partial charge on any atom is -0.327 e. The van der Waals surface area contributed by atoms with Crippen molar-refractivity contribution in [1.29, 1.82) is 0 Å². The van der Waals surface area contributed by atoms with E-state index in [-0.39, 0.29) is 46.9 Å². The van der Waals surface area contributed by atoms with Crippen molar-refractivity contribution in [1.82, 2.24) is 9.21 Å². The quantitative estimate of drug-likeness (QED) is 0.739. The molecule has 0 saturated heterocycles. The largest absolute Gasteiger partial charge is 0.327 e. The molecule has 2 amide bonds. The number of sulfonamides is 1. The highest BCUT2D eigenvalue weighted by atomic mass is 35.5. The molecule has 7 nitrogen and oxygen atoms in total. The second-order valence-corrected chi connectivity index (χ2v) is 8.44. The third kappa shape index (κ3) is 4.03. The minimum absolute atomic E-state index is 0. The molecule has 0 aliphatic carbocycles. The number of amides is 2. The number of nitrogens with zero attached hydrogens (tertiary/aromatic N) is 2. The van der Waals surface area contributed by atoms with Crippen LogP contribution in [0.25, 0.3) is 0 Å². The molecule has 0 aromatic heterocycles. The number of benzene rings is 1. The number of imide groups is 1. The fourth-order valence-corrected chi connectivity index (χ4v) is 3.68. The standard InChI is InChI=1S/C16H23N3O4S.ClH/c1-10(2)14(17)7-8-18(3)24(22,23)11-5-6-12-13(9-11)16(21)19(4)15(12)20;/h5-6,9-10,14H,7-8,17H2,1-4H3;1H. The zero-order valence-electron chi connectivity index (χ0n) is 14.7. The fraction of sp³-hybridized carbons (Fsp3) is 0.500. The number of carbonyl (C=O) groups is 2. The first-order valence-corrected chi connectivity index (χ1v) is 9.19. The van der Waals surface area contributed by atoms with Crippen LogP contribution in [0.4, 0.5) is 0 Å². The van der Waals surface area contributed by atoms with E-state index < -0.39 is 21.8 Å². The lowest BCUT2D eigenvalue weighted by atomic mass is 10.0. The molecule has 0 bridgehead atoms. The highest BCUT2D eigenvalue weighted by molar-refractivity contribution is 7.89. The molecule has 1 aliphatic heterocycles. The molecule has 25 heavy (non-hydrogen) atoms. The molecular weight excluding hydrogens is 366 g/mol. The Morgan fingerprint density at radius 1 is 1.16 bits per heavy atom. The van der Waals surface area contributed by atoms with Crippen molar-refractivity contribution in [2.75, 3.05) is 20.6 Å². The third-order valence-electron chi connectivity index (χ3n) is 4.40. The second kappa shape index (κ2) is 7.82. The molecule has 0 spiro atoms. The van der Waals surface area contributed by atoms with Crippen molar-refractivity contribution in [3.8, 4) is 0 Å². The number of carbonyl (C=O) groups excluding carboxylic acids is 2. The SMILES string of the molecule is CC(C)C(N)CCN(C)S(=O)(=O)c1ccc2c(c1)C(=O)N(C)C2=O.Cl. The number of nitrogens with two attached hydrogens (primary N) is 1. The average molecular weight is 390 g/mol. The average Bonchev–Trinajstić information content (AvgIpc) is 2.76. The molecule has 1 atom stereocenters. The van der Waals surface area contributed by atoms with Crippen LogP contribution in [0.3, 0.4) is 0 Å². The van der Waals surface area contributed by atoms with E-state index in [1.165, 1.54) is 36.6 Å². The van der Waals surface area contributed by atoms with Gasteiger partial charge < -0.3 is 5.73 Å². The molecule has 0 radical (unpaired) electrons. The Labute approximate surface area is 154 Å². The van der Waals surface area contributed by atoms with Crippen LogP contribution < -0.4 is 5.73 Å². The van der Waals surface area contributed by atoms with Crippen LogP contribution in [-0.2, 0) is 10.0 Å². The maximum Gasteiger partial charge on any atom is 0.261 e. The first-order chi connectivity index (χ1) is 11.1. The van der Waals surface area contributed by atoms with Crippen molar-refractivity contribution in [3.05, 3.63) is 29.3 Å². The van der Waals surface area contributed by atoms with Gasteiger partial charge in [0.25, 0.3) is 11.8 Å². The summed E-state index contributed by atoms with van der Waals surface area (Å²) in [5.74, 6) is -0.646. The summed E-state index contributed by atoms with van der Waals surface area (Å²) >= 11 is 0. The van der Waals surface area contributed by atoms with Crippen LogP contribution in [0.15, 0.2) is 23.1 Å². The normalized spacial score (nSPS) is 15.6. The Hall–Kier alpha value is -1.48. The van der Waals surface area contributed by atoms with Crippen molar-refractivity contribution in [2.45, 2.75) is 31.2 Å². The van der Waals surface area contributed by atoms with E-state index in [0.29, 0.717) is 6.42 Å². The Balaban J connectivity index is 0.00000312. The zero-order valence-corrected chi connectivity index (χ0v) is 16.4. The molecule has 1 aromatic rings. The van der Waals surface area contributed by atoms with Gasteiger partial charge in [-0.2, -0.15) is 0 Å². The smallest absolute Gasteiger partial charge is 0.261 e. The number of fused-ring (bicyclic) bond motifs is 1. The zero-order chi connectivity index (χ0) is 18.2. The van der Waals surface area contributed by atoms with Crippen molar-refractivity contribution in [2.24, 2.45) is 11.7 Å². The van der Waals surface area contributed by atoms with E-state index in [1.54, 1.807) is 0 Å². The van der Waals surface area contributed by atoms with Gasteiger partial charge in [-0.15, -0.1) is 12.4 Å². The minimum atomic E-state index is -3.74. The molecule has 2 rings (SSSR count). The highest BCUT2D eigenvalue weighted by Gasteiger charge is 2.34. The van der Waals surface area contributed by atoms with Gasteiger partial charge in [0.15, 0.2) is 0 Å². The van der Waals surface area contributed by atoms with Crippen LogP contribution in [0.2, 0.25) is 0 Å². The van der Waals surface area contributed by atoms with E-state index >= 15 is 0 Å². The first-order valence-electron chi connectivity index (χ1n) is 7.75. The third-order valence-corrected chi connectivity index (χ3v) is 6.26. The van der Waals surface area contributed by atoms with Gasteiger partial charge in [0.05, 0.1) is 16.0 Å². The van der Waals surface area contributed by atoms with Gasteiger partial charge in [-0.05, 0) is 30.5 Å². The number of hydrogen-bond donors (Lipinski definition) is 1. The van der Waals surface area contributed by atoms with Gasteiger partial charge in [0.2, 0.25) is 10.0 Å². The molecule has 1 unspecified atom stereocenters. The summed E-state index contributed by atoms with van der Waals surface area (Å²) in [5.41, 5.74) is 6.31. The van der Waals surface area contributed by atoms with Gasteiger partial charge in [0.1, 0.15) is 0 Å². The summed E-state index contributed by atoms with van der Waals surface area (Å²) in [6.45, 7) is 4.25. The summed E-state index contributed by atoms with van der Waals surface area (Å²) in [6.07, 6.45) is 0.540. The molecule has 9 heteroatoms. The summed E-state index contributed by atoms with van der Waals surface area (Å²) in [7, 11) is -0.890. The Morgan fingerprint density at radius 3 is 2.28 bits per heavy atom. The van der Waals surface area contributed by atoms with Gasteiger partial charge in [0, 0.05) is 26.7 Å². The molecule has 1 aromatic carbocycles. The van der Waals surface area contributed by atoms with Crippen molar-refractivity contribution < 1.29 is 18.0 Å². The van der Waals surface area contributed by atoms with Gasteiger partial charge >= 0.3 is 0 Å². The maximum atomic E-state index is 12.7. The maximum absolute atomic E-state index is 12.7. The van der Waals surface area contributed by atoms with Gasteiger partial charge in [-0.3, -0.25) is 14.5 Å². The fourth-order valence-electron chi connectivity index (χ4n) is 2.47. The van der Waals surface area contributed by atoms with Gasteiger partial charge in [-0.25, -0.2) is 12.7 Å². The van der Waals surface area contributed by atoms with E-state index in [2.05, 4.69) is 0 Å². The summed E-state index contributed by atoms with van der Waals surface area (Å²) < 4.78 is 26.5. The number of rotatable bonds is 6. The van der Waals surface area contributed by atoms with Crippen LogP contribution in [-0.4, -0.2) is 56.1 Å². The molecule has 1 aliphatic rings. The lowest BCUT2D eigenvalue weighted by Crippen LogP contribution is -2.34. The number of halogens is 1. The Morgan fingerprint density at radius 2 is 1.72 bits per heavy atom. The predicted molar refractivity (Wildman–Crippen MR) is 97.4 cm³/mol. The van der Waals surface area contributed by atoms with Crippen LogP contribution in [0, 0.1) is 5.92 Å². The first kappa shape index (κ1) is 21.6. The number of hydrogen-bond acceptors (Lipinski definition) is 5. The van der Waals surface area contributed by atoms with Crippen molar-refractivity contribution in [3.63, 3.8) is 0 Å². The monoisotopic (exact) mass is 389 g/mol.